The van der Waals surface area contributed by atoms with E-state index in [9.17, 15) is 9.70 Å². The van der Waals surface area contributed by atoms with Gasteiger partial charge in [0.05, 0.1) is 4.91 Å². The topological polar surface area (TPSA) is 58.4 Å². The molecule has 2 aromatic carbocycles. The minimum atomic E-state index is -0.277. The van der Waals surface area contributed by atoms with Gasteiger partial charge in [-0.2, -0.15) is 0 Å². The number of anilines is 1. The number of benzene rings is 2. The molecule has 1 amide bonds. The SMILES string of the molecule is CO[N+](=O)c1ccc(C)c(C(=O)Nc2ccc(Br)cc2)c1. The predicted molar refractivity (Wildman–Crippen MR) is 83.6 cm³/mol. The first-order valence-corrected chi connectivity index (χ1v) is 6.99. The van der Waals surface area contributed by atoms with Crippen LogP contribution in [0.4, 0.5) is 11.4 Å². The van der Waals surface area contributed by atoms with Crippen molar-refractivity contribution in [2.45, 2.75) is 6.92 Å². The number of nitrogens with one attached hydrogen (secondary N) is 1. The van der Waals surface area contributed by atoms with Gasteiger partial charge >= 0.3 is 5.69 Å². The number of carbonyl (C=O) groups is 1. The van der Waals surface area contributed by atoms with Crippen LogP contribution in [0, 0.1) is 11.8 Å². The Balaban J connectivity index is 2.26. The number of hydrogen-bond donors (Lipinski definition) is 1. The van der Waals surface area contributed by atoms with Crippen LogP contribution in [-0.4, -0.2) is 17.9 Å². The summed E-state index contributed by atoms with van der Waals surface area (Å²) >= 11 is 3.33. The second kappa shape index (κ2) is 6.49. The van der Waals surface area contributed by atoms with Crippen LogP contribution in [0.1, 0.15) is 15.9 Å². The van der Waals surface area contributed by atoms with E-state index in [2.05, 4.69) is 26.1 Å². The fourth-order valence-electron chi connectivity index (χ4n) is 1.81. The molecule has 0 radical (unpaired) electrons. The summed E-state index contributed by atoms with van der Waals surface area (Å²) in [6.07, 6.45) is 0. The lowest BCUT2D eigenvalue weighted by Gasteiger charge is -2.07. The second-order valence-corrected chi connectivity index (χ2v) is 5.32. The molecule has 2 rings (SSSR count). The molecule has 0 saturated carbocycles. The lowest BCUT2D eigenvalue weighted by Crippen LogP contribution is -2.14. The van der Waals surface area contributed by atoms with Crippen LogP contribution >= 0.6 is 15.9 Å². The molecule has 0 fully saturated rings. The van der Waals surface area contributed by atoms with Crippen LogP contribution in [0.25, 0.3) is 0 Å². The summed E-state index contributed by atoms with van der Waals surface area (Å²) in [5, 5.41) is 2.79. The van der Waals surface area contributed by atoms with Crippen molar-refractivity contribution < 1.29 is 14.6 Å². The molecule has 2 aromatic rings. The first-order chi connectivity index (χ1) is 10.0. The van der Waals surface area contributed by atoms with Crippen molar-refractivity contribution in [3.8, 4) is 0 Å². The molecule has 0 bridgehead atoms. The van der Waals surface area contributed by atoms with Crippen molar-refractivity contribution in [3.05, 3.63) is 63.0 Å². The van der Waals surface area contributed by atoms with E-state index < -0.39 is 0 Å². The summed E-state index contributed by atoms with van der Waals surface area (Å²) in [5.41, 5.74) is 2.15. The molecule has 0 aliphatic rings. The van der Waals surface area contributed by atoms with Gasteiger partial charge in [0.15, 0.2) is 7.11 Å². The van der Waals surface area contributed by atoms with Crippen LogP contribution in [0.2, 0.25) is 0 Å². The summed E-state index contributed by atoms with van der Waals surface area (Å²) in [7, 11) is 1.27. The summed E-state index contributed by atoms with van der Waals surface area (Å²) in [6, 6.07) is 12.1. The molecule has 1 N–H and O–H groups in total. The minimum Gasteiger partial charge on any atom is -0.322 e. The largest absolute Gasteiger partial charge is 0.322 e. The average molecular weight is 350 g/mol. The van der Waals surface area contributed by atoms with Gasteiger partial charge in [0, 0.05) is 27.9 Å². The van der Waals surface area contributed by atoms with Crippen LogP contribution in [-0.2, 0) is 4.84 Å². The Morgan fingerprint density at radius 1 is 1.19 bits per heavy atom. The van der Waals surface area contributed by atoms with Gasteiger partial charge in [-0.1, -0.05) is 22.0 Å². The number of hydrogen-bond acceptors (Lipinski definition) is 3. The zero-order chi connectivity index (χ0) is 15.4. The third-order valence-electron chi connectivity index (χ3n) is 2.94. The van der Waals surface area contributed by atoms with Crippen LogP contribution in [0.3, 0.4) is 0 Å². The van der Waals surface area contributed by atoms with Crippen molar-refractivity contribution in [2.24, 2.45) is 0 Å². The highest BCUT2D eigenvalue weighted by Crippen LogP contribution is 2.20. The highest BCUT2D eigenvalue weighted by molar-refractivity contribution is 9.10. The minimum absolute atomic E-state index is 0.268. The Labute approximate surface area is 130 Å². The van der Waals surface area contributed by atoms with Gasteiger partial charge < -0.3 is 5.32 Å². The summed E-state index contributed by atoms with van der Waals surface area (Å²) in [6.45, 7) is 1.81. The molecule has 5 nitrogen and oxygen atoms in total. The number of aryl methyl sites for hydroxylation is 1. The van der Waals surface area contributed by atoms with E-state index >= 15 is 0 Å². The van der Waals surface area contributed by atoms with Gasteiger partial charge in [-0.25, -0.2) is 4.84 Å². The van der Waals surface area contributed by atoms with Gasteiger partial charge in [-0.3, -0.25) is 4.79 Å². The van der Waals surface area contributed by atoms with Crippen LogP contribution < -0.4 is 5.32 Å². The fraction of sp³-hybridized carbons (Fsp3) is 0.133. The Morgan fingerprint density at radius 3 is 2.48 bits per heavy atom. The highest BCUT2D eigenvalue weighted by atomic mass is 79.9. The maximum atomic E-state index is 12.3. The first-order valence-electron chi connectivity index (χ1n) is 6.20. The van der Waals surface area contributed by atoms with Gasteiger partial charge in [0.1, 0.15) is 0 Å². The standard InChI is InChI=1S/C15H13BrN2O3/c1-10-3-8-13(18(20)21-2)9-14(10)15(19)17-12-6-4-11(16)5-7-12/h3-9H,1-2H3/p+1. The molecule has 6 heteroatoms. The van der Waals surface area contributed by atoms with Crippen molar-refractivity contribution in [2.75, 3.05) is 12.4 Å². The van der Waals surface area contributed by atoms with Gasteiger partial charge in [-0.05, 0) is 36.8 Å². The molecule has 0 aliphatic carbocycles. The normalized spacial score (nSPS) is 10.0. The third-order valence-corrected chi connectivity index (χ3v) is 3.47. The molecule has 0 unspecified atom stereocenters. The van der Waals surface area contributed by atoms with Gasteiger partial charge in [0.2, 0.25) is 0 Å². The Kier molecular flexibility index (Phi) is 4.70. The van der Waals surface area contributed by atoms with Crippen molar-refractivity contribution in [1.82, 2.24) is 0 Å². The number of amides is 1. The molecule has 0 atom stereocenters. The van der Waals surface area contributed by atoms with E-state index in [0.29, 0.717) is 16.2 Å². The molecular weight excluding hydrogens is 336 g/mol. The molecule has 0 saturated heterocycles. The maximum absolute atomic E-state index is 12.3. The number of nitrogens with zero attached hydrogens (tertiary/aromatic N) is 1. The second-order valence-electron chi connectivity index (χ2n) is 4.40. The highest BCUT2D eigenvalue weighted by Gasteiger charge is 2.19. The quantitative estimate of drug-likeness (QED) is 0.849. The van der Waals surface area contributed by atoms with E-state index in [1.165, 1.54) is 13.2 Å². The van der Waals surface area contributed by atoms with Crippen molar-refractivity contribution in [1.29, 1.82) is 0 Å². The lowest BCUT2D eigenvalue weighted by molar-refractivity contribution is -0.736. The average Bonchev–Trinajstić information content (AvgIpc) is 2.49. The monoisotopic (exact) mass is 349 g/mol. The summed E-state index contributed by atoms with van der Waals surface area (Å²) < 4.78 is 0.931. The lowest BCUT2D eigenvalue weighted by atomic mass is 10.1. The third kappa shape index (κ3) is 3.66. The van der Waals surface area contributed by atoms with Crippen LogP contribution in [0.15, 0.2) is 46.9 Å². The first kappa shape index (κ1) is 15.2. The summed E-state index contributed by atoms with van der Waals surface area (Å²) in [5.74, 6) is -0.277. The van der Waals surface area contributed by atoms with E-state index in [1.807, 2.05) is 19.1 Å². The van der Waals surface area contributed by atoms with E-state index in [-0.39, 0.29) is 11.6 Å². The smallest absolute Gasteiger partial charge is 0.317 e. The van der Waals surface area contributed by atoms with E-state index in [1.54, 1.807) is 24.3 Å². The number of rotatable bonds is 4. The van der Waals surface area contributed by atoms with E-state index in [0.717, 1.165) is 10.0 Å². The Hall–Kier alpha value is -2.21. The van der Waals surface area contributed by atoms with Gasteiger partial charge in [0.25, 0.3) is 10.8 Å². The maximum Gasteiger partial charge on any atom is 0.317 e. The van der Waals surface area contributed by atoms with Gasteiger partial charge in [-0.15, -0.1) is 0 Å². The molecule has 0 aromatic heterocycles. The zero-order valence-electron chi connectivity index (χ0n) is 11.6. The van der Waals surface area contributed by atoms with Crippen molar-refractivity contribution in [3.63, 3.8) is 0 Å². The zero-order valence-corrected chi connectivity index (χ0v) is 13.2. The molecular formula is C15H14BrN2O3+. The molecule has 108 valence electrons. The molecule has 0 spiro atoms. The molecule has 0 aliphatic heterocycles. The Morgan fingerprint density at radius 2 is 1.86 bits per heavy atom. The predicted octanol–water partition coefficient (Wildman–Crippen LogP) is 3.98. The molecule has 0 heterocycles. The van der Waals surface area contributed by atoms with E-state index in [4.69, 9.17) is 0 Å². The summed E-state index contributed by atoms with van der Waals surface area (Å²) in [4.78, 5) is 28.7. The fourth-order valence-corrected chi connectivity index (χ4v) is 2.07. The molecule has 21 heavy (non-hydrogen) atoms. The van der Waals surface area contributed by atoms with Crippen LogP contribution in [0.5, 0.6) is 0 Å². The Bertz CT molecular complexity index is 684. The number of carbonyl (C=O) groups excluding carboxylic acids is 1. The number of halogens is 1. The van der Waals surface area contributed by atoms with Crippen molar-refractivity contribution >= 4 is 33.2 Å².